The molecule has 1 aromatic carbocycles. The molecule has 1 aliphatic rings. The van der Waals surface area contributed by atoms with Crippen LogP contribution in [0.1, 0.15) is 31.7 Å². The van der Waals surface area contributed by atoms with Gasteiger partial charge in [0.1, 0.15) is 5.75 Å². The van der Waals surface area contributed by atoms with Gasteiger partial charge in [0.25, 0.3) is 0 Å². The van der Waals surface area contributed by atoms with Crippen molar-refractivity contribution in [3.05, 3.63) is 28.2 Å². The highest BCUT2D eigenvalue weighted by atomic mass is 79.9. The second-order valence-corrected chi connectivity index (χ2v) is 5.90. The Balaban J connectivity index is 2.00. The quantitative estimate of drug-likeness (QED) is 0.768. The maximum absolute atomic E-state index is 11.7. The Bertz CT molecular complexity index is 534. The van der Waals surface area contributed by atoms with Gasteiger partial charge in [-0.3, -0.25) is 14.9 Å². The van der Waals surface area contributed by atoms with Gasteiger partial charge in [-0.25, -0.2) is 0 Å². The summed E-state index contributed by atoms with van der Waals surface area (Å²) in [5, 5.41) is 5.53. The lowest BCUT2D eigenvalue weighted by Gasteiger charge is -2.22. The molecule has 0 aromatic heterocycles. The van der Waals surface area contributed by atoms with Crippen LogP contribution in [0.2, 0.25) is 0 Å². The van der Waals surface area contributed by atoms with Crippen LogP contribution >= 0.6 is 15.9 Å². The van der Waals surface area contributed by atoms with Crippen LogP contribution in [0.15, 0.2) is 22.7 Å². The molecule has 1 fully saturated rings. The van der Waals surface area contributed by atoms with Crippen LogP contribution in [0, 0.1) is 0 Å². The molecular formula is C15H19BrN2O3. The maximum Gasteiger partial charge on any atom is 0.243 e. The Labute approximate surface area is 132 Å². The van der Waals surface area contributed by atoms with E-state index in [1.807, 2.05) is 18.2 Å². The van der Waals surface area contributed by atoms with Crippen LogP contribution < -0.4 is 15.4 Å². The van der Waals surface area contributed by atoms with Gasteiger partial charge in [-0.1, -0.05) is 22.9 Å². The number of piperidine rings is 1. The van der Waals surface area contributed by atoms with Gasteiger partial charge in [0.2, 0.25) is 11.8 Å². The topological polar surface area (TPSA) is 67.4 Å². The molecule has 6 heteroatoms. The van der Waals surface area contributed by atoms with Crippen LogP contribution in [0.25, 0.3) is 0 Å². The maximum atomic E-state index is 11.7. The second-order valence-electron chi connectivity index (χ2n) is 4.99. The highest BCUT2D eigenvalue weighted by Gasteiger charge is 2.26. The predicted molar refractivity (Wildman–Crippen MR) is 82.9 cm³/mol. The Kier molecular flexibility index (Phi) is 5.76. The first-order valence-corrected chi connectivity index (χ1v) is 7.87. The number of benzene rings is 1. The number of hydrogen-bond acceptors (Lipinski definition) is 4. The van der Waals surface area contributed by atoms with Crippen molar-refractivity contribution in [1.82, 2.24) is 10.6 Å². The molecule has 1 heterocycles. The Hall–Kier alpha value is -1.40. The van der Waals surface area contributed by atoms with Crippen molar-refractivity contribution in [1.29, 1.82) is 0 Å². The number of ether oxygens (including phenoxy) is 1. The molecule has 2 N–H and O–H groups in total. The van der Waals surface area contributed by atoms with Crippen molar-refractivity contribution in [3.8, 4) is 5.75 Å². The Morgan fingerprint density at radius 1 is 1.43 bits per heavy atom. The standard InChI is InChI=1S/C15H19BrN2O3/c1-2-7-21-13-5-3-11(16)8-10(13)9-17-12-4-6-14(19)18-15(12)20/h3,5,8,12,17H,2,4,6-7,9H2,1H3,(H,18,19,20). The molecule has 0 bridgehead atoms. The monoisotopic (exact) mass is 354 g/mol. The molecule has 114 valence electrons. The lowest BCUT2D eigenvalue weighted by Crippen LogP contribution is -2.50. The predicted octanol–water partition coefficient (Wildman–Crippen LogP) is 2.13. The summed E-state index contributed by atoms with van der Waals surface area (Å²) < 4.78 is 6.67. The van der Waals surface area contributed by atoms with Gasteiger partial charge in [-0.2, -0.15) is 0 Å². The first-order valence-electron chi connectivity index (χ1n) is 7.08. The first-order chi connectivity index (χ1) is 10.1. The summed E-state index contributed by atoms with van der Waals surface area (Å²) in [6, 6.07) is 5.49. The number of hydrogen-bond donors (Lipinski definition) is 2. The van der Waals surface area contributed by atoms with E-state index in [0.29, 0.717) is 26.0 Å². The van der Waals surface area contributed by atoms with E-state index in [4.69, 9.17) is 4.74 Å². The normalized spacial score (nSPS) is 18.5. The smallest absolute Gasteiger partial charge is 0.243 e. The number of carbonyl (C=O) groups is 2. The zero-order chi connectivity index (χ0) is 15.2. The summed E-state index contributed by atoms with van der Waals surface area (Å²) in [7, 11) is 0. The molecule has 0 aliphatic carbocycles. The third-order valence-electron chi connectivity index (χ3n) is 3.26. The zero-order valence-corrected chi connectivity index (χ0v) is 13.5. The number of carbonyl (C=O) groups excluding carboxylic acids is 2. The minimum absolute atomic E-state index is 0.201. The fourth-order valence-electron chi connectivity index (χ4n) is 2.16. The molecule has 1 saturated heterocycles. The van der Waals surface area contributed by atoms with Crippen molar-refractivity contribution in [2.24, 2.45) is 0 Å². The first kappa shape index (κ1) is 16.0. The number of nitrogens with one attached hydrogen (secondary N) is 2. The van der Waals surface area contributed by atoms with Gasteiger partial charge >= 0.3 is 0 Å². The zero-order valence-electron chi connectivity index (χ0n) is 11.9. The van der Waals surface area contributed by atoms with E-state index in [9.17, 15) is 9.59 Å². The highest BCUT2D eigenvalue weighted by molar-refractivity contribution is 9.10. The van der Waals surface area contributed by atoms with Crippen molar-refractivity contribution in [2.75, 3.05) is 6.61 Å². The average molecular weight is 355 g/mol. The highest BCUT2D eigenvalue weighted by Crippen LogP contribution is 2.23. The Morgan fingerprint density at radius 3 is 2.95 bits per heavy atom. The van der Waals surface area contributed by atoms with Gasteiger partial charge < -0.3 is 10.1 Å². The third kappa shape index (κ3) is 4.54. The number of imide groups is 1. The van der Waals surface area contributed by atoms with Crippen LogP contribution in [0.3, 0.4) is 0 Å². The lowest BCUT2D eigenvalue weighted by molar-refractivity contribution is -0.134. The average Bonchev–Trinajstić information content (AvgIpc) is 2.45. The molecule has 1 atom stereocenters. The lowest BCUT2D eigenvalue weighted by atomic mass is 10.1. The van der Waals surface area contributed by atoms with Gasteiger partial charge in [0, 0.05) is 23.0 Å². The largest absolute Gasteiger partial charge is 0.493 e. The molecule has 21 heavy (non-hydrogen) atoms. The number of rotatable bonds is 6. The molecular weight excluding hydrogens is 336 g/mol. The molecule has 2 amide bonds. The van der Waals surface area contributed by atoms with Crippen molar-refractivity contribution >= 4 is 27.7 Å². The molecule has 5 nitrogen and oxygen atoms in total. The van der Waals surface area contributed by atoms with Gasteiger partial charge in [-0.15, -0.1) is 0 Å². The number of halogens is 1. The summed E-state index contributed by atoms with van der Waals surface area (Å²) in [4.78, 5) is 22.8. The second kappa shape index (κ2) is 7.56. The molecule has 1 unspecified atom stereocenters. The van der Waals surface area contributed by atoms with E-state index in [2.05, 4.69) is 33.5 Å². The molecule has 0 radical (unpaired) electrons. The van der Waals surface area contributed by atoms with E-state index in [1.165, 1.54) is 0 Å². The Morgan fingerprint density at radius 2 is 2.24 bits per heavy atom. The van der Waals surface area contributed by atoms with Crippen molar-refractivity contribution in [3.63, 3.8) is 0 Å². The fourth-order valence-corrected chi connectivity index (χ4v) is 2.57. The summed E-state index contributed by atoms with van der Waals surface area (Å²) in [5.41, 5.74) is 0.988. The summed E-state index contributed by atoms with van der Waals surface area (Å²) in [5.74, 6) is 0.365. The van der Waals surface area contributed by atoms with Crippen LogP contribution in [-0.2, 0) is 16.1 Å². The summed E-state index contributed by atoms with van der Waals surface area (Å²) in [6.07, 6.45) is 1.85. The van der Waals surface area contributed by atoms with Crippen LogP contribution in [0.5, 0.6) is 5.75 Å². The summed E-state index contributed by atoms with van der Waals surface area (Å²) in [6.45, 7) is 3.23. The molecule has 0 spiro atoms. The van der Waals surface area contributed by atoms with E-state index >= 15 is 0 Å². The molecule has 1 aromatic rings. The molecule has 1 aliphatic heterocycles. The SMILES string of the molecule is CCCOc1ccc(Br)cc1CNC1CCC(=O)NC1=O. The van der Waals surface area contributed by atoms with E-state index in [0.717, 1.165) is 22.2 Å². The van der Waals surface area contributed by atoms with Crippen molar-refractivity contribution < 1.29 is 14.3 Å². The molecule has 0 saturated carbocycles. The van der Waals surface area contributed by atoms with Gasteiger partial charge in [0.05, 0.1) is 12.6 Å². The van der Waals surface area contributed by atoms with Crippen LogP contribution in [-0.4, -0.2) is 24.5 Å². The van der Waals surface area contributed by atoms with E-state index in [-0.39, 0.29) is 17.9 Å². The summed E-state index contributed by atoms with van der Waals surface area (Å²) >= 11 is 3.44. The molecule has 2 rings (SSSR count). The minimum atomic E-state index is -0.333. The van der Waals surface area contributed by atoms with E-state index in [1.54, 1.807) is 0 Å². The van der Waals surface area contributed by atoms with Crippen LogP contribution in [0.4, 0.5) is 0 Å². The third-order valence-corrected chi connectivity index (χ3v) is 3.76. The minimum Gasteiger partial charge on any atom is -0.493 e. The van der Waals surface area contributed by atoms with Crippen molar-refractivity contribution in [2.45, 2.75) is 38.8 Å². The van der Waals surface area contributed by atoms with E-state index < -0.39 is 0 Å². The van der Waals surface area contributed by atoms with Gasteiger partial charge in [-0.05, 0) is 31.0 Å². The van der Waals surface area contributed by atoms with Gasteiger partial charge in [0.15, 0.2) is 0 Å². The fraction of sp³-hybridized carbons (Fsp3) is 0.467. The number of amides is 2.